The first-order valence-electron chi connectivity index (χ1n) is 9.31. The van der Waals surface area contributed by atoms with Crippen LogP contribution in [0.1, 0.15) is 51.2 Å². The number of rotatable bonds is 4. The predicted octanol–water partition coefficient (Wildman–Crippen LogP) is 3.25. The van der Waals surface area contributed by atoms with Crippen molar-refractivity contribution in [2.75, 3.05) is 5.32 Å². The van der Waals surface area contributed by atoms with E-state index in [9.17, 15) is 19.5 Å². The van der Waals surface area contributed by atoms with Crippen LogP contribution in [0.25, 0.3) is 0 Å². The molecule has 0 spiro atoms. The third kappa shape index (κ3) is 3.06. The van der Waals surface area contributed by atoms with Crippen LogP contribution in [0.4, 0.5) is 5.69 Å². The zero-order valence-electron chi connectivity index (χ0n) is 16.1. The van der Waals surface area contributed by atoms with Crippen LogP contribution in [-0.4, -0.2) is 22.6 Å². The van der Waals surface area contributed by atoms with Crippen LogP contribution < -0.4 is 5.32 Å². The maximum absolute atomic E-state index is 13.0. The Morgan fingerprint density at radius 3 is 2.52 bits per heavy atom. The molecule has 2 N–H and O–H groups in total. The van der Waals surface area contributed by atoms with E-state index in [-0.39, 0.29) is 23.3 Å². The number of fused-ring (bicyclic) bond motifs is 1. The van der Waals surface area contributed by atoms with Gasteiger partial charge in [0.15, 0.2) is 5.78 Å². The highest BCUT2D eigenvalue weighted by Gasteiger charge is 2.58. The Kier molecular flexibility index (Phi) is 4.91. The number of hydrogen-bond acceptors (Lipinski definition) is 4. The van der Waals surface area contributed by atoms with Crippen LogP contribution in [-0.2, 0) is 20.0 Å². The quantitative estimate of drug-likeness (QED) is 0.800. The summed E-state index contributed by atoms with van der Waals surface area (Å²) >= 11 is 0. The number of ketones is 2. The zero-order chi connectivity index (χ0) is 19.9. The van der Waals surface area contributed by atoms with Gasteiger partial charge in [-0.3, -0.25) is 14.4 Å². The van der Waals surface area contributed by atoms with Gasteiger partial charge in [0.25, 0.3) is 0 Å². The number of hydrogen-bond donors (Lipinski definition) is 2. The van der Waals surface area contributed by atoms with Crippen molar-refractivity contribution < 1.29 is 19.5 Å². The molecule has 1 aromatic rings. The summed E-state index contributed by atoms with van der Waals surface area (Å²) in [7, 11) is 0. The minimum atomic E-state index is -2.27. The number of Topliss-reactive ketones (excluding diaryl/α,β-unsaturated/α-hetero) is 2. The van der Waals surface area contributed by atoms with Crippen LogP contribution in [0.3, 0.4) is 0 Å². The van der Waals surface area contributed by atoms with Gasteiger partial charge in [-0.15, -0.1) is 0 Å². The third-order valence-corrected chi connectivity index (χ3v) is 5.31. The molecule has 0 aromatic heterocycles. The molecular formula is C22H25NO4. The average Bonchev–Trinajstić information content (AvgIpc) is 2.84. The van der Waals surface area contributed by atoms with Gasteiger partial charge in [-0.2, -0.15) is 0 Å². The molecule has 5 nitrogen and oxygen atoms in total. The van der Waals surface area contributed by atoms with Crippen molar-refractivity contribution in [2.24, 2.45) is 11.8 Å². The molecule has 5 heteroatoms. The highest BCUT2D eigenvalue weighted by molar-refractivity contribution is 6.27. The van der Waals surface area contributed by atoms with Crippen LogP contribution in [0.15, 0.2) is 42.0 Å². The first-order chi connectivity index (χ1) is 12.7. The van der Waals surface area contributed by atoms with Gasteiger partial charge < -0.3 is 10.4 Å². The minimum absolute atomic E-state index is 0.145. The second-order valence-electron chi connectivity index (χ2n) is 7.85. The van der Waals surface area contributed by atoms with Gasteiger partial charge in [-0.1, -0.05) is 58.1 Å². The van der Waals surface area contributed by atoms with Crippen molar-refractivity contribution in [1.29, 1.82) is 0 Å². The van der Waals surface area contributed by atoms with E-state index in [2.05, 4.69) is 5.32 Å². The smallest absolute Gasteiger partial charge is 0.226 e. The van der Waals surface area contributed by atoms with Crippen LogP contribution in [0, 0.1) is 11.8 Å². The first kappa shape index (κ1) is 19.2. The molecule has 1 saturated carbocycles. The van der Waals surface area contributed by atoms with Gasteiger partial charge in [0.1, 0.15) is 0 Å². The van der Waals surface area contributed by atoms with Crippen molar-refractivity contribution in [2.45, 2.75) is 45.6 Å². The normalized spacial score (nSPS) is 24.4. The standard InChI is InChI=1S/C22H25NO4/c1-12(2)14-9-10-17(18(11-14)23-21(26)13(3)4)22(27)19(24)15-7-5-6-8-16(15)20(22)25/h5-7,9-13,16,27H,8H2,1-4H3,(H,23,26). The predicted molar refractivity (Wildman–Crippen MR) is 103 cm³/mol. The minimum Gasteiger partial charge on any atom is -0.371 e. The van der Waals surface area contributed by atoms with E-state index in [4.69, 9.17) is 0 Å². The van der Waals surface area contributed by atoms with Gasteiger partial charge in [0.05, 0.1) is 5.92 Å². The van der Waals surface area contributed by atoms with Crippen LogP contribution in [0.2, 0.25) is 0 Å². The van der Waals surface area contributed by atoms with Crippen LogP contribution >= 0.6 is 0 Å². The number of aliphatic hydroxyl groups is 1. The van der Waals surface area contributed by atoms with Gasteiger partial charge in [0.2, 0.25) is 17.3 Å². The highest BCUT2D eigenvalue weighted by atomic mass is 16.3. The van der Waals surface area contributed by atoms with Crippen LogP contribution in [0.5, 0.6) is 0 Å². The Morgan fingerprint density at radius 1 is 1.22 bits per heavy atom. The van der Waals surface area contributed by atoms with E-state index < -0.39 is 23.1 Å². The number of carbonyl (C=O) groups excluding carboxylic acids is 3. The van der Waals surface area contributed by atoms with Gasteiger partial charge >= 0.3 is 0 Å². The molecule has 0 aliphatic heterocycles. The number of anilines is 1. The molecule has 27 heavy (non-hydrogen) atoms. The number of nitrogens with one attached hydrogen (secondary N) is 1. The number of benzene rings is 1. The molecule has 0 radical (unpaired) electrons. The number of allylic oxidation sites excluding steroid dienone is 3. The highest BCUT2D eigenvalue weighted by Crippen LogP contribution is 2.45. The molecular weight excluding hydrogens is 342 g/mol. The molecule has 0 heterocycles. The molecule has 0 saturated heterocycles. The summed E-state index contributed by atoms with van der Waals surface area (Å²) in [6.45, 7) is 7.53. The van der Waals surface area contributed by atoms with E-state index >= 15 is 0 Å². The van der Waals surface area contributed by atoms with Gasteiger partial charge in [0, 0.05) is 22.7 Å². The lowest BCUT2D eigenvalue weighted by molar-refractivity contribution is -0.146. The number of amides is 1. The molecule has 1 aromatic carbocycles. The monoisotopic (exact) mass is 367 g/mol. The second-order valence-corrected chi connectivity index (χ2v) is 7.85. The molecule has 2 atom stereocenters. The van der Waals surface area contributed by atoms with E-state index in [1.165, 1.54) is 0 Å². The molecule has 0 bridgehead atoms. The third-order valence-electron chi connectivity index (χ3n) is 5.31. The van der Waals surface area contributed by atoms with E-state index in [1.807, 2.05) is 19.9 Å². The van der Waals surface area contributed by atoms with Gasteiger partial charge in [-0.25, -0.2) is 0 Å². The Hall–Kier alpha value is -2.53. The summed E-state index contributed by atoms with van der Waals surface area (Å²) < 4.78 is 0. The summed E-state index contributed by atoms with van der Waals surface area (Å²) in [5.74, 6) is -2.09. The summed E-state index contributed by atoms with van der Waals surface area (Å²) in [5, 5.41) is 14.1. The Morgan fingerprint density at radius 2 is 1.93 bits per heavy atom. The fraction of sp³-hybridized carbons (Fsp3) is 0.409. The van der Waals surface area contributed by atoms with E-state index in [0.29, 0.717) is 17.7 Å². The van der Waals surface area contributed by atoms with Crippen molar-refractivity contribution in [3.05, 3.63) is 53.1 Å². The first-order valence-corrected chi connectivity index (χ1v) is 9.31. The summed E-state index contributed by atoms with van der Waals surface area (Å²) in [4.78, 5) is 38.3. The summed E-state index contributed by atoms with van der Waals surface area (Å²) in [6, 6.07) is 5.12. The molecule has 1 fully saturated rings. The molecule has 2 unspecified atom stereocenters. The molecule has 3 rings (SSSR count). The Balaban J connectivity index is 2.14. The number of carbonyl (C=O) groups is 3. The second kappa shape index (κ2) is 6.89. The van der Waals surface area contributed by atoms with Crippen molar-refractivity contribution in [1.82, 2.24) is 0 Å². The SMILES string of the molecule is CC(C)C(=O)Nc1cc(C(C)C)ccc1C1(O)C(=O)C2=CC=CCC2C1=O. The lowest BCUT2D eigenvalue weighted by Gasteiger charge is -2.25. The zero-order valence-corrected chi connectivity index (χ0v) is 16.1. The molecule has 1 amide bonds. The fourth-order valence-electron chi connectivity index (χ4n) is 3.56. The van der Waals surface area contributed by atoms with Gasteiger partial charge in [-0.05, 0) is 24.0 Å². The molecule has 142 valence electrons. The molecule has 2 aliphatic rings. The average molecular weight is 367 g/mol. The van der Waals surface area contributed by atoms with Crippen molar-refractivity contribution in [3.8, 4) is 0 Å². The summed E-state index contributed by atoms with van der Waals surface area (Å²) in [5.41, 5.74) is -0.531. The Bertz CT molecular complexity index is 878. The molecule has 2 aliphatic carbocycles. The lowest BCUT2D eigenvalue weighted by atomic mass is 9.85. The largest absolute Gasteiger partial charge is 0.371 e. The van der Waals surface area contributed by atoms with E-state index in [0.717, 1.165) is 5.56 Å². The van der Waals surface area contributed by atoms with Crippen molar-refractivity contribution >= 4 is 23.2 Å². The Labute approximate surface area is 159 Å². The van der Waals surface area contributed by atoms with Crippen molar-refractivity contribution in [3.63, 3.8) is 0 Å². The summed E-state index contributed by atoms with van der Waals surface area (Å²) in [6.07, 6.45) is 5.54. The maximum Gasteiger partial charge on any atom is 0.226 e. The maximum atomic E-state index is 13.0. The lowest BCUT2D eigenvalue weighted by Crippen LogP contribution is -2.40. The fourth-order valence-corrected chi connectivity index (χ4v) is 3.56. The topological polar surface area (TPSA) is 83.5 Å². The van der Waals surface area contributed by atoms with E-state index in [1.54, 1.807) is 44.2 Å².